The SMILES string of the molecule is Nc1ccc(-c2nc(N3CCOCC3)cc(C3(S(=O)(=O)c4ccc(F)cc4)CC3)n2)cc1. The minimum atomic E-state index is -3.77. The Bertz CT molecular complexity index is 1240. The molecule has 7 nitrogen and oxygen atoms in total. The molecular formula is C23H23FN4O3S. The van der Waals surface area contributed by atoms with Gasteiger partial charge in [-0.05, 0) is 61.4 Å². The van der Waals surface area contributed by atoms with Crippen LogP contribution in [-0.2, 0) is 19.3 Å². The van der Waals surface area contributed by atoms with Gasteiger partial charge in [0, 0.05) is 30.4 Å². The lowest BCUT2D eigenvalue weighted by molar-refractivity contribution is 0.122. The molecule has 0 bridgehead atoms. The monoisotopic (exact) mass is 454 g/mol. The van der Waals surface area contributed by atoms with Gasteiger partial charge in [-0.1, -0.05) is 0 Å². The first-order valence-electron chi connectivity index (χ1n) is 10.5. The maximum Gasteiger partial charge on any atom is 0.189 e. The summed E-state index contributed by atoms with van der Waals surface area (Å²) in [7, 11) is -3.77. The Morgan fingerprint density at radius 2 is 1.62 bits per heavy atom. The van der Waals surface area contributed by atoms with Crippen LogP contribution in [-0.4, -0.2) is 44.7 Å². The summed E-state index contributed by atoms with van der Waals surface area (Å²) >= 11 is 0. The zero-order chi connectivity index (χ0) is 22.3. The second-order valence-electron chi connectivity index (χ2n) is 8.11. The second-order valence-corrected chi connectivity index (χ2v) is 10.4. The lowest BCUT2D eigenvalue weighted by atomic mass is 10.1. The van der Waals surface area contributed by atoms with Gasteiger partial charge in [0.05, 0.1) is 23.8 Å². The van der Waals surface area contributed by atoms with E-state index >= 15 is 0 Å². The van der Waals surface area contributed by atoms with Crippen LogP contribution in [0.3, 0.4) is 0 Å². The maximum atomic E-state index is 13.6. The highest BCUT2D eigenvalue weighted by Gasteiger charge is 2.58. The molecule has 9 heteroatoms. The average molecular weight is 455 g/mol. The van der Waals surface area contributed by atoms with Crippen molar-refractivity contribution in [1.82, 2.24) is 9.97 Å². The van der Waals surface area contributed by atoms with E-state index in [2.05, 4.69) is 4.90 Å². The van der Waals surface area contributed by atoms with Gasteiger partial charge in [-0.15, -0.1) is 0 Å². The molecule has 2 N–H and O–H groups in total. The molecule has 0 atom stereocenters. The molecule has 2 aromatic carbocycles. The predicted molar refractivity (Wildman–Crippen MR) is 119 cm³/mol. The zero-order valence-corrected chi connectivity index (χ0v) is 18.2. The van der Waals surface area contributed by atoms with Crippen molar-refractivity contribution in [3.8, 4) is 11.4 Å². The van der Waals surface area contributed by atoms with Gasteiger partial charge in [0.25, 0.3) is 0 Å². The summed E-state index contributed by atoms with van der Waals surface area (Å²) in [6.07, 6.45) is 0.904. The van der Waals surface area contributed by atoms with E-state index in [1.54, 1.807) is 18.2 Å². The minimum absolute atomic E-state index is 0.0944. The third-order valence-corrected chi connectivity index (χ3v) is 8.56. The molecule has 32 heavy (non-hydrogen) atoms. The molecule has 5 rings (SSSR count). The van der Waals surface area contributed by atoms with Crippen LogP contribution < -0.4 is 10.6 Å². The molecule has 0 amide bonds. The minimum Gasteiger partial charge on any atom is -0.399 e. The fourth-order valence-corrected chi connectivity index (χ4v) is 5.96. The van der Waals surface area contributed by atoms with Crippen molar-refractivity contribution in [2.45, 2.75) is 22.5 Å². The van der Waals surface area contributed by atoms with E-state index < -0.39 is 20.4 Å². The third kappa shape index (κ3) is 3.61. The molecule has 0 unspecified atom stereocenters. The van der Waals surface area contributed by atoms with Gasteiger partial charge < -0.3 is 15.4 Å². The largest absolute Gasteiger partial charge is 0.399 e. The van der Waals surface area contributed by atoms with Crippen LogP contribution in [0.4, 0.5) is 15.9 Å². The van der Waals surface area contributed by atoms with E-state index in [-0.39, 0.29) is 4.90 Å². The van der Waals surface area contributed by atoms with Crippen molar-refractivity contribution in [1.29, 1.82) is 0 Å². The summed E-state index contributed by atoms with van der Waals surface area (Å²) in [4.78, 5) is 11.6. The van der Waals surface area contributed by atoms with E-state index in [1.165, 1.54) is 24.3 Å². The topological polar surface area (TPSA) is 98.4 Å². The maximum absolute atomic E-state index is 13.6. The van der Waals surface area contributed by atoms with Crippen molar-refractivity contribution in [2.75, 3.05) is 36.9 Å². The van der Waals surface area contributed by atoms with E-state index in [0.29, 0.717) is 62.2 Å². The van der Waals surface area contributed by atoms with Gasteiger partial charge in [0.15, 0.2) is 15.7 Å². The highest BCUT2D eigenvalue weighted by Crippen LogP contribution is 2.55. The summed E-state index contributed by atoms with van der Waals surface area (Å²) in [5.41, 5.74) is 7.66. The van der Waals surface area contributed by atoms with Crippen LogP contribution in [0.1, 0.15) is 18.5 Å². The highest BCUT2D eigenvalue weighted by molar-refractivity contribution is 7.92. The highest BCUT2D eigenvalue weighted by atomic mass is 32.2. The predicted octanol–water partition coefficient (Wildman–Crippen LogP) is 3.16. The number of benzene rings is 2. The van der Waals surface area contributed by atoms with E-state index in [9.17, 15) is 12.8 Å². The van der Waals surface area contributed by atoms with Crippen molar-refractivity contribution in [3.63, 3.8) is 0 Å². The summed E-state index contributed by atoms with van der Waals surface area (Å²) in [5, 5.41) is 0. The molecule has 1 saturated carbocycles. The number of anilines is 2. The molecule has 2 heterocycles. The average Bonchev–Trinajstić information content (AvgIpc) is 3.63. The van der Waals surface area contributed by atoms with Gasteiger partial charge in [0.1, 0.15) is 16.4 Å². The lowest BCUT2D eigenvalue weighted by Crippen LogP contribution is -2.37. The number of nitrogens with zero attached hydrogens (tertiary/aromatic N) is 3. The number of morpholine rings is 1. The number of hydrogen-bond acceptors (Lipinski definition) is 7. The second kappa shape index (κ2) is 7.83. The molecule has 1 aromatic heterocycles. The Labute approximate surface area is 186 Å². The van der Waals surface area contributed by atoms with Gasteiger partial charge in [-0.3, -0.25) is 0 Å². The normalized spacial score (nSPS) is 17.8. The summed E-state index contributed by atoms with van der Waals surface area (Å²) in [5.74, 6) is 0.645. The molecule has 0 radical (unpaired) electrons. The van der Waals surface area contributed by atoms with Gasteiger partial charge in [0.2, 0.25) is 0 Å². The molecule has 166 valence electrons. The number of hydrogen-bond donors (Lipinski definition) is 1. The van der Waals surface area contributed by atoms with E-state index in [0.717, 1.165) is 5.56 Å². The number of halogens is 1. The van der Waals surface area contributed by atoms with Crippen LogP contribution in [0.15, 0.2) is 59.5 Å². The molecule has 2 aliphatic rings. The first kappa shape index (κ1) is 20.8. The van der Waals surface area contributed by atoms with Gasteiger partial charge in [-0.25, -0.2) is 22.8 Å². The number of aromatic nitrogens is 2. The molecule has 1 aliphatic heterocycles. The summed E-state index contributed by atoms with van der Waals surface area (Å²) in [6.45, 7) is 2.48. The lowest BCUT2D eigenvalue weighted by Gasteiger charge is -2.29. The Morgan fingerprint density at radius 3 is 2.25 bits per heavy atom. The molecule has 1 saturated heterocycles. The number of nitrogen functional groups attached to an aromatic ring is 1. The van der Waals surface area contributed by atoms with Crippen LogP contribution in [0, 0.1) is 5.82 Å². The first-order chi connectivity index (χ1) is 15.4. The van der Waals surface area contributed by atoms with Crippen molar-refractivity contribution >= 4 is 21.3 Å². The fraction of sp³-hybridized carbons (Fsp3) is 0.304. The number of sulfone groups is 1. The van der Waals surface area contributed by atoms with Crippen molar-refractivity contribution < 1.29 is 17.5 Å². The molecule has 1 aliphatic carbocycles. The van der Waals surface area contributed by atoms with Crippen molar-refractivity contribution in [2.24, 2.45) is 0 Å². The van der Waals surface area contributed by atoms with Crippen LogP contribution in [0.2, 0.25) is 0 Å². The first-order valence-corrected chi connectivity index (χ1v) is 12.0. The van der Waals surface area contributed by atoms with Gasteiger partial charge >= 0.3 is 0 Å². The molecule has 3 aromatic rings. The third-order valence-electron chi connectivity index (χ3n) is 6.03. The Kier molecular flexibility index (Phi) is 5.10. The number of nitrogens with two attached hydrogens (primary N) is 1. The van der Waals surface area contributed by atoms with Crippen molar-refractivity contribution in [3.05, 3.63) is 66.1 Å². The Hall–Kier alpha value is -3.04. The fourth-order valence-electron chi connectivity index (χ4n) is 4.00. The standard InChI is InChI=1S/C23H23FN4O3S/c24-17-3-7-19(8-4-17)32(29,30)23(9-10-23)20-15-21(28-11-13-31-14-12-28)27-22(26-20)16-1-5-18(25)6-2-16/h1-8,15H,9-14,25H2. The summed E-state index contributed by atoms with van der Waals surface area (Å²) < 4.78 is 44.9. The van der Waals surface area contributed by atoms with E-state index in [4.69, 9.17) is 20.4 Å². The number of rotatable bonds is 5. The Balaban J connectivity index is 1.63. The molecular weight excluding hydrogens is 431 g/mol. The number of ether oxygens (including phenoxy) is 1. The molecule has 0 spiro atoms. The quantitative estimate of drug-likeness (QED) is 0.467. The van der Waals surface area contributed by atoms with E-state index in [1.807, 2.05) is 12.1 Å². The van der Waals surface area contributed by atoms with Crippen LogP contribution in [0.5, 0.6) is 0 Å². The Morgan fingerprint density at radius 1 is 0.969 bits per heavy atom. The summed E-state index contributed by atoms with van der Waals surface area (Å²) in [6, 6.07) is 13.9. The zero-order valence-electron chi connectivity index (χ0n) is 17.4. The van der Waals surface area contributed by atoms with Gasteiger partial charge in [-0.2, -0.15) is 0 Å². The van der Waals surface area contributed by atoms with Crippen LogP contribution in [0.25, 0.3) is 11.4 Å². The molecule has 2 fully saturated rings. The smallest absolute Gasteiger partial charge is 0.189 e. The van der Waals surface area contributed by atoms with Crippen LogP contribution >= 0.6 is 0 Å².